The molecule has 0 saturated heterocycles. The van der Waals surface area contributed by atoms with Crippen LogP contribution in [0.4, 0.5) is 0 Å². The van der Waals surface area contributed by atoms with Crippen LogP contribution in [-0.4, -0.2) is 11.6 Å². The Morgan fingerprint density at radius 1 is 0.594 bits per heavy atom. The van der Waals surface area contributed by atoms with E-state index in [-0.39, 0.29) is 11.7 Å². The molecule has 2 heteroatoms. The smallest absolute Gasteiger partial charge is 0.136 e. The number of hydrogen-bond acceptors (Lipinski definition) is 2. The molecule has 0 aromatic heterocycles. The Kier molecular flexibility index (Phi) is 29.2. The molecule has 0 N–H and O–H groups in total. The second-order valence-electron chi connectivity index (χ2n) is 9.70. The molecule has 0 rings (SSSR count). The number of unbranched alkanes of at least 4 members (excludes halogenated alkanes) is 17. The molecule has 0 saturated carbocycles. The number of rotatable bonds is 23. The maximum absolute atomic E-state index is 11.0. The summed E-state index contributed by atoms with van der Waals surface area (Å²) in [6, 6.07) is 0. The fourth-order valence-corrected chi connectivity index (χ4v) is 4.02. The monoisotopic (exact) mass is 450 g/mol. The topological polar surface area (TPSA) is 34.1 Å². The van der Waals surface area contributed by atoms with Crippen LogP contribution in [0.3, 0.4) is 0 Å². The van der Waals surface area contributed by atoms with Gasteiger partial charge in [0.25, 0.3) is 0 Å². The molecule has 0 bridgehead atoms. The summed E-state index contributed by atoms with van der Waals surface area (Å²) in [5.74, 6) is 0.697. The summed E-state index contributed by atoms with van der Waals surface area (Å²) in [5.41, 5.74) is 0. The molecule has 0 radical (unpaired) electrons. The highest BCUT2D eigenvalue weighted by molar-refractivity contribution is 5.79. The van der Waals surface area contributed by atoms with Gasteiger partial charge < -0.3 is 4.79 Å². The number of Topliss-reactive ketones (excluding diaryl/α,β-unsaturated/α-hetero) is 2. The van der Waals surface area contributed by atoms with Crippen molar-refractivity contribution in [3.8, 4) is 0 Å². The normalized spacial score (nSPS) is 11.5. The zero-order chi connectivity index (χ0) is 24.3. The van der Waals surface area contributed by atoms with Gasteiger partial charge in [-0.15, -0.1) is 6.58 Å². The predicted molar refractivity (Wildman–Crippen MR) is 143 cm³/mol. The van der Waals surface area contributed by atoms with Crippen molar-refractivity contribution < 1.29 is 9.59 Å². The highest BCUT2D eigenvalue weighted by atomic mass is 16.1. The van der Waals surface area contributed by atoms with E-state index in [0.29, 0.717) is 5.78 Å². The lowest BCUT2D eigenvalue weighted by atomic mass is 9.97. The summed E-state index contributed by atoms with van der Waals surface area (Å²) in [4.78, 5) is 21.7. The summed E-state index contributed by atoms with van der Waals surface area (Å²) >= 11 is 0. The van der Waals surface area contributed by atoms with E-state index in [2.05, 4.69) is 20.4 Å². The van der Waals surface area contributed by atoms with Crippen LogP contribution in [0, 0.1) is 5.92 Å². The third-order valence-electron chi connectivity index (χ3n) is 6.31. The first-order chi connectivity index (χ1) is 15.5. The van der Waals surface area contributed by atoms with Gasteiger partial charge in [0.15, 0.2) is 0 Å². The van der Waals surface area contributed by atoms with Crippen LogP contribution < -0.4 is 0 Å². The van der Waals surface area contributed by atoms with E-state index in [4.69, 9.17) is 0 Å². The fraction of sp³-hybridized carbons (Fsp3) is 0.867. The molecule has 190 valence electrons. The summed E-state index contributed by atoms with van der Waals surface area (Å²) in [7, 11) is 0. The standard InChI is InChI=1S/C19H38O.C11H20O/c1-3-4-5-6-7-8-9-10-11-12-13-14-15-16-17-18-19(2)20;1-4-6-7-8-9-11(5-2)10(3)12/h3-18H2,1-2H3;5,11H,2,4,6-9H2,1,3H3. The molecule has 0 amide bonds. The van der Waals surface area contributed by atoms with Gasteiger partial charge in [0.2, 0.25) is 0 Å². The van der Waals surface area contributed by atoms with Crippen LogP contribution in [0.2, 0.25) is 0 Å². The molecular weight excluding hydrogens is 392 g/mol. The molecule has 1 unspecified atom stereocenters. The van der Waals surface area contributed by atoms with Gasteiger partial charge in [-0.25, -0.2) is 0 Å². The molecule has 0 spiro atoms. The molecule has 2 nitrogen and oxygen atoms in total. The number of ketones is 2. The Bertz CT molecular complexity index is 413. The van der Waals surface area contributed by atoms with Gasteiger partial charge in [-0.1, -0.05) is 135 Å². The van der Waals surface area contributed by atoms with Crippen LogP contribution in [0.25, 0.3) is 0 Å². The van der Waals surface area contributed by atoms with Gasteiger partial charge in [0.1, 0.15) is 11.6 Å². The Hall–Kier alpha value is -0.920. The molecule has 0 aliphatic heterocycles. The minimum Gasteiger partial charge on any atom is -0.300 e. The third-order valence-corrected chi connectivity index (χ3v) is 6.31. The highest BCUT2D eigenvalue weighted by Crippen LogP contribution is 2.14. The summed E-state index contributed by atoms with van der Waals surface area (Å²) in [6.07, 6.45) is 29.2. The lowest BCUT2D eigenvalue weighted by Gasteiger charge is -2.06. The summed E-state index contributed by atoms with van der Waals surface area (Å²) in [5, 5.41) is 0. The highest BCUT2D eigenvalue weighted by Gasteiger charge is 2.08. The number of allylic oxidation sites excluding steroid dienone is 1. The van der Waals surface area contributed by atoms with Crippen molar-refractivity contribution in [3.05, 3.63) is 12.7 Å². The lowest BCUT2D eigenvalue weighted by molar-refractivity contribution is -0.119. The molecule has 1 atom stereocenters. The number of hydrogen-bond donors (Lipinski definition) is 0. The van der Waals surface area contributed by atoms with Crippen LogP contribution >= 0.6 is 0 Å². The van der Waals surface area contributed by atoms with Crippen LogP contribution in [0.1, 0.15) is 163 Å². The molecule has 0 aliphatic rings. The van der Waals surface area contributed by atoms with Crippen molar-refractivity contribution in [1.29, 1.82) is 0 Å². The van der Waals surface area contributed by atoms with Crippen molar-refractivity contribution in [1.82, 2.24) is 0 Å². The number of carbonyl (C=O) groups is 2. The van der Waals surface area contributed by atoms with E-state index >= 15 is 0 Å². The molecule has 0 aromatic rings. The summed E-state index contributed by atoms with van der Waals surface area (Å²) in [6.45, 7) is 11.5. The van der Waals surface area contributed by atoms with Crippen molar-refractivity contribution >= 4 is 11.6 Å². The Balaban J connectivity index is 0. The van der Waals surface area contributed by atoms with Gasteiger partial charge in [0.05, 0.1) is 0 Å². The molecule has 0 aliphatic carbocycles. The molecule has 0 aromatic carbocycles. The van der Waals surface area contributed by atoms with Crippen molar-refractivity contribution in [3.63, 3.8) is 0 Å². The van der Waals surface area contributed by atoms with Gasteiger partial charge in [-0.3, -0.25) is 4.79 Å². The minimum atomic E-state index is 0.0989. The first kappa shape index (κ1) is 33.3. The predicted octanol–water partition coefficient (Wildman–Crippen LogP) is 10.2. The largest absolute Gasteiger partial charge is 0.300 e. The molecule has 32 heavy (non-hydrogen) atoms. The number of carbonyl (C=O) groups excluding carboxylic acids is 2. The Morgan fingerprint density at radius 2 is 0.938 bits per heavy atom. The van der Waals surface area contributed by atoms with Gasteiger partial charge >= 0.3 is 0 Å². The van der Waals surface area contributed by atoms with Crippen LogP contribution in [0.15, 0.2) is 12.7 Å². The van der Waals surface area contributed by atoms with E-state index in [0.717, 1.165) is 25.7 Å². The molecular formula is C30H58O2. The maximum atomic E-state index is 11.0. The van der Waals surface area contributed by atoms with Gasteiger partial charge in [-0.2, -0.15) is 0 Å². The van der Waals surface area contributed by atoms with E-state index < -0.39 is 0 Å². The quantitative estimate of drug-likeness (QED) is 0.115. The zero-order valence-electron chi connectivity index (χ0n) is 22.5. The molecule has 0 heterocycles. The Labute approximate surface area is 202 Å². The average Bonchev–Trinajstić information content (AvgIpc) is 2.76. The lowest BCUT2D eigenvalue weighted by Crippen LogP contribution is -2.06. The van der Waals surface area contributed by atoms with Crippen molar-refractivity contribution in [2.24, 2.45) is 5.92 Å². The van der Waals surface area contributed by atoms with E-state index in [1.807, 2.05) is 0 Å². The second kappa shape index (κ2) is 28.1. The second-order valence-corrected chi connectivity index (χ2v) is 9.70. The minimum absolute atomic E-state index is 0.0989. The van der Waals surface area contributed by atoms with Crippen LogP contribution in [-0.2, 0) is 9.59 Å². The van der Waals surface area contributed by atoms with Crippen LogP contribution in [0.5, 0.6) is 0 Å². The van der Waals surface area contributed by atoms with E-state index in [9.17, 15) is 9.59 Å². The summed E-state index contributed by atoms with van der Waals surface area (Å²) < 4.78 is 0. The first-order valence-corrected chi connectivity index (χ1v) is 14.1. The third kappa shape index (κ3) is 29.1. The van der Waals surface area contributed by atoms with Gasteiger partial charge in [0, 0.05) is 12.3 Å². The average molecular weight is 451 g/mol. The van der Waals surface area contributed by atoms with Crippen molar-refractivity contribution in [2.75, 3.05) is 0 Å². The van der Waals surface area contributed by atoms with Crippen molar-refractivity contribution in [2.45, 2.75) is 163 Å². The van der Waals surface area contributed by atoms with E-state index in [1.54, 1.807) is 19.9 Å². The maximum Gasteiger partial charge on any atom is 0.136 e. The Morgan fingerprint density at radius 3 is 1.25 bits per heavy atom. The zero-order valence-corrected chi connectivity index (χ0v) is 22.5. The fourth-order valence-electron chi connectivity index (χ4n) is 4.02. The SMILES string of the molecule is C=CC(CCCCCC)C(C)=O.CCCCCCCCCCCCCCCCCC(C)=O. The van der Waals surface area contributed by atoms with Gasteiger partial charge in [-0.05, 0) is 26.7 Å². The van der Waals surface area contributed by atoms with E-state index in [1.165, 1.54) is 109 Å². The first-order valence-electron chi connectivity index (χ1n) is 14.1. The molecule has 0 fully saturated rings.